The second-order valence-corrected chi connectivity index (χ2v) is 5.87. The molecule has 0 saturated carbocycles. The number of amides is 1. The van der Waals surface area contributed by atoms with Gasteiger partial charge in [0.1, 0.15) is 0 Å². The molecule has 0 aliphatic rings. The zero-order valence-electron chi connectivity index (χ0n) is 12.6. The van der Waals surface area contributed by atoms with E-state index in [4.69, 9.17) is 4.74 Å². The summed E-state index contributed by atoms with van der Waals surface area (Å²) in [6, 6.07) is 17.5. The van der Waals surface area contributed by atoms with E-state index in [1.165, 1.54) is 5.56 Å². The molecule has 2 rings (SSSR count). The van der Waals surface area contributed by atoms with E-state index < -0.39 is 0 Å². The first-order chi connectivity index (χ1) is 10.7. The molecule has 1 amide bonds. The molecular formula is C18H20BrNO2. The van der Waals surface area contributed by atoms with Crippen molar-refractivity contribution in [2.75, 3.05) is 13.2 Å². The number of carbonyl (C=O) groups is 1. The van der Waals surface area contributed by atoms with E-state index in [1.54, 1.807) is 6.07 Å². The molecule has 3 nitrogen and oxygen atoms in total. The van der Waals surface area contributed by atoms with Crippen molar-refractivity contribution in [2.24, 2.45) is 0 Å². The summed E-state index contributed by atoms with van der Waals surface area (Å²) in [7, 11) is 0. The number of rotatable bonds is 7. The molecule has 0 saturated heterocycles. The average molecular weight is 362 g/mol. The molecule has 0 aromatic heterocycles. The Morgan fingerprint density at radius 2 is 1.82 bits per heavy atom. The molecule has 0 aliphatic carbocycles. The second kappa shape index (κ2) is 8.71. The Kier molecular flexibility index (Phi) is 6.62. The molecule has 0 heterocycles. The van der Waals surface area contributed by atoms with Crippen LogP contribution in [0.3, 0.4) is 0 Å². The smallest absolute Gasteiger partial charge is 0.252 e. The molecule has 0 fully saturated rings. The molecule has 0 aliphatic heterocycles. The van der Waals surface area contributed by atoms with Crippen molar-refractivity contribution in [3.63, 3.8) is 0 Å². The van der Waals surface area contributed by atoms with E-state index in [1.807, 2.05) is 43.3 Å². The Hall–Kier alpha value is -1.65. The first-order valence-corrected chi connectivity index (χ1v) is 8.17. The third kappa shape index (κ3) is 4.97. The largest absolute Gasteiger partial charge is 0.374 e. The normalized spacial score (nSPS) is 11.9. The number of halogens is 1. The summed E-state index contributed by atoms with van der Waals surface area (Å²) in [5.41, 5.74) is 1.82. The molecule has 2 aromatic carbocycles. The number of hydrogen-bond donors (Lipinski definition) is 1. The summed E-state index contributed by atoms with van der Waals surface area (Å²) in [5.74, 6) is -0.0661. The number of carbonyl (C=O) groups excluding carboxylic acids is 1. The van der Waals surface area contributed by atoms with Crippen molar-refractivity contribution in [3.05, 3.63) is 70.2 Å². The third-order valence-corrected chi connectivity index (χ3v) is 4.05. The highest BCUT2D eigenvalue weighted by atomic mass is 79.9. The molecule has 1 N–H and O–H groups in total. The van der Waals surface area contributed by atoms with Crippen LogP contribution in [0.1, 0.15) is 35.4 Å². The highest BCUT2D eigenvalue weighted by Crippen LogP contribution is 2.16. The summed E-state index contributed by atoms with van der Waals surface area (Å²) in [5, 5.41) is 2.90. The van der Waals surface area contributed by atoms with Gasteiger partial charge in [0.15, 0.2) is 0 Å². The van der Waals surface area contributed by atoms with Gasteiger partial charge in [-0.05, 0) is 47.0 Å². The van der Waals surface area contributed by atoms with Crippen molar-refractivity contribution in [1.29, 1.82) is 0 Å². The first kappa shape index (κ1) is 16.7. The molecule has 2 aromatic rings. The predicted octanol–water partition coefficient (Wildman–Crippen LogP) is 4.35. The SMILES string of the molecule is CC(OCCCNC(=O)c1ccccc1Br)c1ccccc1. The van der Waals surface area contributed by atoms with Gasteiger partial charge in [-0.25, -0.2) is 0 Å². The summed E-state index contributed by atoms with van der Waals surface area (Å²) in [6.07, 6.45) is 0.855. The molecule has 0 radical (unpaired) electrons. The summed E-state index contributed by atoms with van der Waals surface area (Å²) >= 11 is 3.38. The molecule has 1 unspecified atom stereocenters. The van der Waals surface area contributed by atoms with Gasteiger partial charge >= 0.3 is 0 Å². The highest BCUT2D eigenvalue weighted by molar-refractivity contribution is 9.10. The Morgan fingerprint density at radius 1 is 1.14 bits per heavy atom. The molecule has 0 spiro atoms. The van der Waals surface area contributed by atoms with Gasteiger partial charge in [0.2, 0.25) is 0 Å². The maximum atomic E-state index is 12.0. The van der Waals surface area contributed by atoms with Crippen LogP contribution in [0, 0.1) is 0 Å². The summed E-state index contributed by atoms with van der Waals surface area (Å²) in [4.78, 5) is 12.0. The standard InChI is InChI=1S/C18H20BrNO2/c1-14(15-8-3-2-4-9-15)22-13-7-12-20-18(21)16-10-5-6-11-17(16)19/h2-6,8-11,14H,7,12-13H2,1H3,(H,20,21). The zero-order valence-corrected chi connectivity index (χ0v) is 14.2. The molecular weight excluding hydrogens is 342 g/mol. The Balaban J connectivity index is 1.67. The monoisotopic (exact) mass is 361 g/mol. The van der Waals surface area contributed by atoms with Crippen LogP contribution in [0.4, 0.5) is 0 Å². The van der Waals surface area contributed by atoms with Gasteiger partial charge in [0, 0.05) is 17.6 Å². The fraction of sp³-hybridized carbons (Fsp3) is 0.278. The maximum absolute atomic E-state index is 12.0. The topological polar surface area (TPSA) is 38.3 Å². The van der Waals surface area contributed by atoms with Crippen LogP contribution in [-0.2, 0) is 4.74 Å². The third-order valence-electron chi connectivity index (χ3n) is 3.36. The number of ether oxygens (including phenoxy) is 1. The minimum absolute atomic E-state index is 0.0661. The quantitative estimate of drug-likeness (QED) is 0.744. The number of benzene rings is 2. The van der Waals surface area contributed by atoms with Crippen molar-refractivity contribution in [3.8, 4) is 0 Å². The van der Waals surface area contributed by atoms with Crippen LogP contribution < -0.4 is 5.32 Å². The van der Waals surface area contributed by atoms with Gasteiger partial charge in [-0.15, -0.1) is 0 Å². The van der Waals surface area contributed by atoms with Crippen LogP contribution in [0.5, 0.6) is 0 Å². The molecule has 1 atom stereocenters. The number of nitrogens with one attached hydrogen (secondary N) is 1. The average Bonchev–Trinajstić information content (AvgIpc) is 2.55. The van der Waals surface area contributed by atoms with Crippen LogP contribution in [0.2, 0.25) is 0 Å². The first-order valence-electron chi connectivity index (χ1n) is 7.38. The van der Waals surface area contributed by atoms with E-state index in [-0.39, 0.29) is 12.0 Å². The van der Waals surface area contributed by atoms with Crippen LogP contribution in [-0.4, -0.2) is 19.1 Å². The van der Waals surface area contributed by atoms with Crippen molar-refractivity contribution >= 4 is 21.8 Å². The predicted molar refractivity (Wildman–Crippen MR) is 91.9 cm³/mol. The fourth-order valence-corrected chi connectivity index (χ4v) is 2.56. The Labute approximate surface area is 139 Å². The van der Waals surface area contributed by atoms with Crippen LogP contribution >= 0.6 is 15.9 Å². The Bertz CT molecular complexity index is 601. The Morgan fingerprint density at radius 3 is 2.55 bits per heavy atom. The lowest BCUT2D eigenvalue weighted by Gasteiger charge is -2.13. The number of hydrogen-bond acceptors (Lipinski definition) is 2. The fourth-order valence-electron chi connectivity index (χ4n) is 2.10. The van der Waals surface area contributed by atoms with Gasteiger partial charge in [-0.3, -0.25) is 4.79 Å². The van der Waals surface area contributed by atoms with Crippen molar-refractivity contribution in [1.82, 2.24) is 5.32 Å². The van der Waals surface area contributed by atoms with Crippen LogP contribution in [0.15, 0.2) is 59.1 Å². The molecule has 116 valence electrons. The van der Waals surface area contributed by atoms with E-state index in [0.717, 1.165) is 10.9 Å². The lowest BCUT2D eigenvalue weighted by atomic mass is 10.1. The maximum Gasteiger partial charge on any atom is 0.252 e. The zero-order chi connectivity index (χ0) is 15.8. The van der Waals surface area contributed by atoms with Gasteiger partial charge in [-0.2, -0.15) is 0 Å². The van der Waals surface area contributed by atoms with E-state index in [2.05, 4.69) is 33.4 Å². The van der Waals surface area contributed by atoms with E-state index in [0.29, 0.717) is 18.7 Å². The lowest BCUT2D eigenvalue weighted by molar-refractivity contribution is 0.0635. The van der Waals surface area contributed by atoms with Crippen molar-refractivity contribution in [2.45, 2.75) is 19.4 Å². The molecule has 22 heavy (non-hydrogen) atoms. The van der Waals surface area contributed by atoms with Crippen molar-refractivity contribution < 1.29 is 9.53 Å². The van der Waals surface area contributed by atoms with Gasteiger partial charge in [0.25, 0.3) is 5.91 Å². The van der Waals surface area contributed by atoms with E-state index in [9.17, 15) is 4.79 Å². The van der Waals surface area contributed by atoms with Gasteiger partial charge < -0.3 is 10.1 Å². The molecule has 4 heteroatoms. The van der Waals surface area contributed by atoms with Gasteiger partial charge in [-0.1, -0.05) is 42.5 Å². The van der Waals surface area contributed by atoms with E-state index >= 15 is 0 Å². The minimum atomic E-state index is -0.0661. The highest BCUT2D eigenvalue weighted by Gasteiger charge is 2.08. The second-order valence-electron chi connectivity index (χ2n) is 5.01. The summed E-state index contributed by atoms with van der Waals surface area (Å²) < 4.78 is 6.59. The minimum Gasteiger partial charge on any atom is -0.374 e. The molecule has 0 bridgehead atoms. The lowest BCUT2D eigenvalue weighted by Crippen LogP contribution is -2.25. The van der Waals surface area contributed by atoms with Gasteiger partial charge in [0.05, 0.1) is 11.7 Å². The summed E-state index contributed by atoms with van der Waals surface area (Å²) in [6.45, 7) is 3.25. The van der Waals surface area contributed by atoms with Crippen LogP contribution in [0.25, 0.3) is 0 Å².